The Labute approximate surface area is 139 Å². The van der Waals surface area contributed by atoms with Crippen molar-refractivity contribution >= 4 is 11.6 Å². The van der Waals surface area contributed by atoms with Crippen LogP contribution in [-0.2, 0) is 11.3 Å². The summed E-state index contributed by atoms with van der Waals surface area (Å²) in [7, 11) is 0. The minimum Gasteiger partial charge on any atom is -0.396 e. The number of piperidine rings is 1. The van der Waals surface area contributed by atoms with Crippen molar-refractivity contribution < 1.29 is 9.90 Å². The zero-order chi connectivity index (χ0) is 16.7. The highest BCUT2D eigenvalue weighted by atomic mass is 16.3. The van der Waals surface area contributed by atoms with Crippen LogP contribution in [0.15, 0.2) is 24.3 Å². The molecule has 1 fully saturated rings. The lowest BCUT2D eigenvalue weighted by molar-refractivity contribution is -0.121. The molecule has 1 aliphatic heterocycles. The van der Waals surface area contributed by atoms with Crippen LogP contribution in [0.3, 0.4) is 0 Å². The Bertz CT molecular complexity index is 477. The smallest absolute Gasteiger partial charge is 0.220 e. The Morgan fingerprint density at radius 2 is 1.91 bits per heavy atom. The highest BCUT2D eigenvalue weighted by Crippen LogP contribution is 2.23. The lowest BCUT2D eigenvalue weighted by Gasteiger charge is -2.33. The molecule has 0 aromatic heterocycles. The van der Waals surface area contributed by atoms with Crippen LogP contribution >= 0.6 is 0 Å². The van der Waals surface area contributed by atoms with Crippen molar-refractivity contribution in [2.24, 2.45) is 11.8 Å². The molecule has 0 spiro atoms. The average Bonchev–Trinajstić information content (AvgIpc) is 2.58. The molecular weight excluding hydrogens is 288 g/mol. The number of hydrogen-bond acceptors (Lipinski definition) is 3. The van der Waals surface area contributed by atoms with Crippen LogP contribution in [0, 0.1) is 11.8 Å². The van der Waals surface area contributed by atoms with Gasteiger partial charge in [0.2, 0.25) is 5.91 Å². The van der Waals surface area contributed by atoms with E-state index in [-0.39, 0.29) is 5.91 Å². The fourth-order valence-corrected chi connectivity index (χ4v) is 2.91. The Morgan fingerprint density at radius 1 is 1.26 bits per heavy atom. The van der Waals surface area contributed by atoms with E-state index in [4.69, 9.17) is 0 Å². The largest absolute Gasteiger partial charge is 0.396 e. The molecule has 1 aliphatic rings. The van der Waals surface area contributed by atoms with Gasteiger partial charge in [-0.2, -0.15) is 0 Å². The van der Waals surface area contributed by atoms with Gasteiger partial charge in [-0.15, -0.1) is 0 Å². The van der Waals surface area contributed by atoms with Crippen LogP contribution in [0.25, 0.3) is 0 Å². The van der Waals surface area contributed by atoms with E-state index >= 15 is 0 Å². The van der Waals surface area contributed by atoms with Crippen molar-refractivity contribution in [3.63, 3.8) is 0 Å². The lowest BCUT2D eigenvalue weighted by atomic mass is 9.97. The number of anilines is 1. The number of nitrogens with zero attached hydrogens (tertiary/aromatic N) is 1. The van der Waals surface area contributed by atoms with Gasteiger partial charge in [0.05, 0.1) is 0 Å². The second-order valence-electron chi connectivity index (χ2n) is 6.99. The van der Waals surface area contributed by atoms with E-state index in [0.29, 0.717) is 31.4 Å². The van der Waals surface area contributed by atoms with Crippen LogP contribution in [0.1, 0.15) is 45.1 Å². The lowest BCUT2D eigenvalue weighted by Crippen LogP contribution is -2.34. The Balaban J connectivity index is 1.77. The first-order valence-corrected chi connectivity index (χ1v) is 8.80. The molecule has 128 valence electrons. The molecule has 1 saturated heterocycles. The van der Waals surface area contributed by atoms with Crippen LogP contribution in [0.2, 0.25) is 0 Å². The molecule has 2 N–H and O–H groups in total. The van der Waals surface area contributed by atoms with Crippen LogP contribution < -0.4 is 10.2 Å². The minimum atomic E-state index is 0.133. The van der Waals surface area contributed by atoms with E-state index < -0.39 is 0 Å². The number of aliphatic hydroxyl groups excluding tert-OH is 1. The van der Waals surface area contributed by atoms with Crippen LogP contribution in [0.4, 0.5) is 5.69 Å². The summed E-state index contributed by atoms with van der Waals surface area (Å²) >= 11 is 0. The van der Waals surface area contributed by atoms with E-state index in [1.54, 1.807) is 0 Å². The van der Waals surface area contributed by atoms with E-state index in [0.717, 1.165) is 37.9 Å². The van der Waals surface area contributed by atoms with E-state index in [9.17, 15) is 9.90 Å². The zero-order valence-electron chi connectivity index (χ0n) is 14.4. The standard InChI is InChI=1S/C19H30N2O2/c1-15(2)3-8-19(23)20-13-16-4-6-18(7-5-16)21-11-9-17(14-22)10-12-21/h4-7,15,17,22H,3,8-14H2,1-2H3,(H,20,23). The van der Waals surface area contributed by atoms with E-state index in [1.165, 1.54) is 5.69 Å². The Kier molecular flexibility index (Phi) is 6.90. The first kappa shape index (κ1) is 17.8. The van der Waals surface area contributed by atoms with Gasteiger partial charge < -0.3 is 15.3 Å². The molecule has 0 unspecified atom stereocenters. The summed E-state index contributed by atoms with van der Waals surface area (Å²) < 4.78 is 0. The molecule has 1 aromatic carbocycles. The third-order valence-electron chi connectivity index (χ3n) is 4.61. The number of hydrogen-bond donors (Lipinski definition) is 2. The van der Waals surface area contributed by atoms with Crippen molar-refractivity contribution in [2.45, 2.75) is 46.1 Å². The molecule has 0 atom stereocenters. The monoisotopic (exact) mass is 318 g/mol. The van der Waals surface area contributed by atoms with Crippen LogP contribution in [0.5, 0.6) is 0 Å². The molecule has 4 heteroatoms. The van der Waals surface area contributed by atoms with E-state index in [1.807, 2.05) is 0 Å². The van der Waals surface area contributed by atoms with Crippen molar-refractivity contribution in [3.05, 3.63) is 29.8 Å². The van der Waals surface area contributed by atoms with Gasteiger partial charge in [-0.1, -0.05) is 26.0 Å². The fraction of sp³-hybridized carbons (Fsp3) is 0.632. The molecule has 0 bridgehead atoms. The predicted octanol–water partition coefficient (Wildman–Crippen LogP) is 2.95. The highest BCUT2D eigenvalue weighted by molar-refractivity contribution is 5.75. The SMILES string of the molecule is CC(C)CCC(=O)NCc1ccc(N2CCC(CO)CC2)cc1. The van der Waals surface area contributed by atoms with Gasteiger partial charge in [0.15, 0.2) is 0 Å². The molecule has 1 aromatic rings. The van der Waals surface area contributed by atoms with Gasteiger partial charge in [-0.3, -0.25) is 4.79 Å². The van der Waals surface area contributed by atoms with Gasteiger partial charge in [0.25, 0.3) is 0 Å². The summed E-state index contributed by atoms with van der Waals surface area (Å²) in [6.07, 6.45) is 3.67. The number of carbonyl (C=O) groups excluding carboxylic acids is 1. The van der Waals surface area contributed by atoms with Crippen LogP contribution in [-0.4, -0.2) is 30.7 Å². The highest BCUT2D eigenvalue weighted by Gasteiger charge is 2.18. The van der Waals surface area contributed by atoms with Gasteiger partial charge in [0, 0.05) is 38.3 Å². The third kappa shape index (κ3) is 5.87. The topological polar surface area (TPSA) is 52.6 Å². The average molecular weight is 318 g/mol. The number of nitrogens with one attached hydrogen (secondary N) is 1. The molecule has 2 rings (SSSR count). The molecular formula is C19H30N2O2. The molecule has 0 radical (unpaired) electrons. The second-order valence-corrected chi connectivity index (χ2v) is 6.99. The van der Waals surface area contributed by atoms with Crippen molar-refractivity contribution in [1.29, 1.82) is 0 Å². The summed E-state index contributed by atoms with van der Waals surface area (Å²) in [5, 5.41) is 12.2. The number of benzene rings is 1. The maximum atomic E-state index is 11.8. The minimum absolute atomic E-state index is 0.133. The second kappa shape index (κ2) is 8.92. The van der Waals surface area contributed by atoms with Gasteiger partial charge in [0.1, 0.15) is 0 Å². The molecule has 0 aliphatic carbocycles. The van der Waals surface area contributed by atoms with Gasteiger partial charge >= 0.3 is 0 Å². The number of carbonyl (C=O) groups is 1. The van der Waals surface area contributed by atoms with Gasteiger partial charge in [-0.25, -0.2) is 0 Å². The number of aliphatic hydroxyl groups is 1. The maximum absolute atomic E-state index is 11.8. The maximum Gasteiger partial charge on any atom is 0.220 e. The number of amides is 1. The molecule has 4 nitrogen and oxygen atoms in total. The fourth-order valence-electron chi connectivity index (χ4n) is 2.91. The molecule has 0 saturated carbocycles. The van der Waals surface area contributed by atoms with Crippen molar-refractivity contribution in [3.8, 4) is 0 Å². The van der Waals surface area contributed by atoms with Gasteiger partial charge in [-0.05, 0) is 48.8 Å². The summed E-state index contributed by atoms with van der Waals surface area (Å²) in [5.41, 5.74) is 2.37. The molecule has 1 amide bonds. The summed E-state index contributed by atoms with van der Waals surface area (Å²) in [6.45, 7) is 7.20. The third-order valence-corrected chi connectivity index (χ3v) is 4.61. The van der Waals surface area contributed by atoms with E-state index in [2.05, 4.69) is 48.3 Å². The predicted molar refractivity (Wildman–Crippen MR) is 94.4 cm³/mol. The quantitative estimate of drug-likeness (QED) is 0.813. The summed E-state index contributed by atoms with van der Waals surface area (Å²) in [5.74, 6) is 1.16. The van der Waals surface area contributed by atoms with Crippen molar-refractivity contribution in [2.75, 3.05) is 24.6 Å². The summed E-state index contributed by atoms with van der Waals surface area (Å²) in [4.78, 5) is 14.1. The molecule has 23 heavy (non-hydrogen) atoms. The normalized spacial score (nSPS) is 15.9. The Hall–Kier alpha value is -1.55. The Morgan fingerprint density at radius 3 is 2.48 bits per heavy atom. The van der Waals surface area contributed by atoms with Crippen molar-refractivity contribution in [1.82, 2.24) is 5.32 Å². The zero-order valence-corrected chi connectivity index (χ0v) is 14.4. The summed E-state index contributed by atoms with van der Waals surface area (Å²) in [6, 6.07) is 8.45. The first-order chi connectivity index (χ1) is 11.1. The number of rotatable bonds is 7. The first-order valence-electron chi connectivity index (χ1n) is 8.80. The molecule has 1 heterocycles.